The first kappa shape index (κ1) is 21.4. The van der Waals surface area contributed by atoms with Crippen LogP contribution >= 0.6 is 35.3 Å². The molecule has 0 aliphatic carbocycles. The van der Waals surface area contributed by atoms with Gasteiger partial charge in [0.2, 0.25) is 0 Å². The molecule has 0 spiro atoms. The summed E-state index contributed by atoms with van der Waals surface area (Å²) in [7, 11) is 3.81. The Labute approximate surface area is 181 Å². The molecule has 1 aromatic carbocycles. The molecule has 0 saturated carbocycles. The Morgan fingerprint density at radius 1 is 1.26 bits per heavy atom. The Morgan fingerprint density at radius 2 is 2.04 bits per heavy atom. The van der Waals surface area contributed by atoms with Gasteiger partial charge in [-0.25, -0.2) is 4.98 Å². The van der Waals surface area contributed by atoms with Gasteiger partial charge in [-0.15, -0.1) is 35.3 Å². The van der Waals surface area contributed by atoms with Crippen LogP contribution in [-0.2, 0) is 19.6 Å². The van der Waals surface area contributed by atoms with Gasteiger partial charge in [0.15, 0.2) is 5.96 Å². The summed E-state index contributed by atoms with van der Waals surface area (Å²) in [5, 5.41) is 11.0. The molecule has 0 atom stereocenters. The maximum atomic E-state index is 4.51. The van der Waals surface area contributed by atoms with E-state index in [4.69, 9.17) is 0 Å². The standard InChI is InChI=1S/C19H24N6S.HI/c1-15-23-18(14-26-15)13-24(3)19(20-2)21-9-17-10-22-25(12-17)11-16-7-5-4-6-8-16;/h4-8,10,12,14H,9,11,13H2,1-3H3,(H,20,21);1H. The highest BCUT2D eigenvalue weighted by atomic mass is 127. The summed E-state index contributed by atoms with van der Waals surface area (Å²) in [6.07, 6.45) is 3.96. The van der Waals surface area contributed by atoms with Crippen molar-refractivity contribution < 1.29 is 0 Å². The molecule has 2 aromatic heterocycles. The number of guanidine groups is 1. The third kappa shape index (κ3) is 6.31. The van der Waals surface area contributed by atoms with Crippen molar-refractivity contribution in [3.05, 3.63) is 69.9 Å². The first-order valence-corrected chi connectivity index (χ1v) is 9.40. The average Bonchev–Trinajstić information content (AvgIpc) is 3.25. The molecule has 0 saturated heterocycles. The van der Waals surface area contributed by atoms with E-state index in [-0.39, 0.29) is 24.0 Å². The molecular formula is C19H25IN6S. The van der Waals surface area contributed by atoms with Crippen LogP contribution in [0.4, 0.5) is 0 Å². The fraction of sp³-hybridized carbons (Fsp3) is 0.316. The van der Waals surface area contributed by atoms with E-state index in [9.17, 15) is 0 Å². The van der Waals surface area contributed by atoms with E-state index in [0.29, 0.717) is 6.54 Å². The zero-order valence-corrected chi connectivity index (χ0v) is 18.9. The number of nitrogens with zero attached hydrogens (tertiary/aromatic N) is 5. The van der Waals surface area contributed by atoms with Gasteiger partial charge in [-0.3, -0.25) is 9.67 Å². The van der Waals surface area contributed by atoms with Crippen LogP contribution in [0.25, 0.3) is 0 Å². The molecule has 3 rings (SSSR count). The zero-order chi connectivity index (χ0) is 18.4. The van der Waals surface area contributed by atoms with Crippen molar-refractivity contribution >= 4 is 41.3 Å². The van der Waals surface area contributed by atoms with Crippen LogP contribution in [0.1, 0.15) is 21.8 Å². The number of halogens is 1. The molecule has 2 heterocycles. The molecule has 1 N–H and O–H groups in total. The number of aryl methyl sites for hydroxylation is 1. The Kier molecular flexibility index (Phi) is 8.23. The number of aliphatic imine (C=N–C) groups is 1. The Bertz CT molecular complexity index is 858. The number of hydrogen-bond donors (Lipinski definition) is 1. The van der Waals surface area contributed by atoms with Gasteiger partial charge in [-0.05, 0) is 12.5 Å². The van der Waals surface area contributed by atoms with Crippen molar-refractivity contribution in [1.29, 1.82) is 0 Å². The fourth-order valence-corrected chi connectivity index (χ4v) is 3.32. The molecular weight excluding hydrogens is 471 g/mol. The molecule has 0 unspecified atom stereocenters. The molecule has 3 aromatic rings. The largest absolute Gasteiger partial charge is 0.352 e. The van der Waals surface area contributed by atoms with Crippen LogP contribution in [-0.4, -0.2) is 39.7 Å². The van der Waals surface area contributed by atoms with Crippen LogP contribution in [0.15, 0.2) is 53.1 Å². The van der Waals surface area contributed by atoms with Crippen molar-refractivity contribution in [3.63, 3.8) is 0 Å². The predicted molar refractivity (Wildman–Crippen MR) is 122 cm³/mol. The van der Waals surface area contributed by atoms with E-state index < -0.39 is 0 Å². The minimum absolute atomic E-state index is 0. The van der Waals surface area contributed by atoms with Crippen LogP contribution in [0.2, 0.25) is 0 Å². The van der Waals surface area contributed by atoms with Gasteiger partial charge < -0.3 is 10.2 Å². The van der Waals surface area contributed by atoms with E-state index in [1.165, 1.54) is 5.56 Å². The summed E-state index contributed by atoms with van der Waals surface area (Å²) in [4.78, 5) is 10.9. The average molecular weight is 496 g/mol. The van der Waals surface area contributed by atoms with Crippen molar-refractivity contribution in [1.82, 2.24) is 25.0 Å². The van der Waals surface area contributed by atoms with E-state index >= 15 is 0 Å². The van der Waals surface area contributed by atoms with Gasteiger partial charge in [-0.1, -0.05) is 30.3 Å². The lowest BCUT2D eigenvalue weighted by molar-refractivity contribution is 0.470. The molecule has 0 aliphatic rings. The first-order valence-electron chi connectivity index (χ1n) is 8.52. The Balaban J connectivity index is 0.00000261. The Hall–Kier alpha value is -1.94. The Morgan fingerprint density at radius 3 is 2.70 bits per heavy atom. The predicted octanol–water partition coefficient (Wildman–Crippen LogP) is 3.52. The lowest BCUT2D eigenvalue weighted by Gasteiger charge is -2.20. The molecule has 0 aliphatic heterocycles. The summed E-state index contributed by atoms with van der Waals surface area (Å²) in [6, 6.07) is 10.3. The SMILES string of the molecule is CN=C(NCc1cnn(Cc2ccccc2)c1)N(C)Cc1csc(C)n1.I. The van der Waals surface area contributed by atoms with Crippen LogP contribution in [0.3, 0.4) is 0 Å². The molecule has 0 radical (unpaired) electrons. The van der Waals surface area contributed by atoms with E-state index in [0.717, 1.165) is 35.3 Å². The molecule has 0 fully saturated rings. The van der Waals surface area contributed by atoms with Crippen molar-refractivity contribution in [3.8, 4) is 0 Å². The summed E-state index contributed by atoms with van der Waals surface area (Å²) in [5.74, 6) is 0.839. The van der Waals surface area contributed by atoms with Gasteiger partial charge in [-0.2, -0.15) is 5.10 Å². The summed E-state index contributed by atoms with van der Waals surface area (Å²) in [6.45, 7) is 4.21. The van der Waals surface area contributed by atoms with Crippen LogP contribution in [0, 0.1) is 6.92 Å². The lowest BCUT2D eigenvalue weighted by atomic mass is 10.2. The minimum atomic E-state index is 0. The minimum Gasteiger partial charge on any atom is -0.352 e. The highest BCUT2D eigenvalue weighted by Gasteiger charge is 2.09. The third-order valence-corrected chi connectivity index (χ3v) is 4.79. The number of hydrogen-bond acceptors (Lipinski definition) is 4. The highest BCUT2D eigenvalue weighted by Crippen LogP contribution is 2.10. The van der Waals surface area contributed by atoms with Gasteiger partial charge in [0.05, 0.1) is 30.0 Å². The molecule has 144 valence electrons. The van der Waals surface area contributed by atoms with Crippen molar-refractivity contribution in [2.24, 2.45) is 4.99 Å². The topological polar surface area (TPSA) is 58.3 Å². The zero-order valence-electron chi connectivity index (χ0n) is 15.8. The number of rotatable bonds is 6. The summed E-state index contributed by atoms with van der Waals surface area (Å²) >= 11 is 1.67. The highest BCUT2D eigenvalue weighted by molar-refractivity contribution is 14.0. The molecule has 6 nitrogen and oxygen atoms in total. The second-order valence-corrected chi connectivity index (χ2v) is 7.21. The normalized spacial score (nSPS) is 11.1. The molecule has 27 heavy (non-hydrogen) atoms. The summed E-state index contributed by atoms with van der Waals surface area (Å²) in [5.41, 5.74) is 3.43. The van der Waals surface area contributed by atoms with E-state index in [1.807, 2.05) is 43.0 Å². The fourth-order valence-electron chi connectivity index (χ4n) is 2.72. The monoisotopic (exact) mass is 496 g/mol. The quantitative estimate of drug-likeness (QED) is 0.323. The molecule has 8 heteroatoms. The number of benzene rings is 1. The maximum Gasteiger partial charge on any atom is 0.194 e. The van der Waals surface area contributed by atoms with Gasteiger partial charge in [0.1, 0.15) is 0 Å². The maximum absolute atomic E-state index is 4.51. The number of nitrogens with one attached hydrogen (secondary N) is 1. The lowest BCUT2D eigenvalue weighted by Crippen LogP contribution is -2.38. The van der Waals surface area contributed by atoms with Crippen LogP contribution in [0.5, 0.6) is 0 Å². The first-order chi connectivity index (χ1) is 12.6. The van der Waals surface area contributed by atoms with Gasteiger partial charge in [0.25, 0.3) is 0 Å². The molecule has 0 bridgehead atoms. The van der Waals surface area contributed by atoms with Gasteiger partial charge in [0, 0.05) is 37.8 Å². The van der Waals surface area contributed by atoms with Crippen LogP contribution < -0.4 is 5.32 Å². The smallest absolute Gasteiger partial charge is 0.194 e. The van der Waals surface area contributed by atoms with Crippen molar-refractivity contribution in [2.75, 3.05) is 14.1 Å². The third-order valence-electron chi connectivity index (χ3n) is 3.96. The second-order valence-electron chi connectivity index (χ2n) is 6.15. The van der Waals surface area contributed by atoms with Crippen molar-refractivity contribution in [2.45, 2.75) is 26.6 Å². The van der Waals surface area contributed by atoms with E-state index in [1.54, 1.807) is 18.4 Å². The van der Waals surface area contributed by atoms with E-state index in [2.05, 4.69) is 49.0 Å². The number of aromatic nitrogens is 3. The summed E-state index contributed by atoms with van der Waals surface area (Å²) < 4.78 is 1.96. The second kappa shape index (κ2) is 10.4. The number of thiazole rings is 1. The molecule has 0 amide bonds. The van der Waals surface area contributed by atoms with Gasteiger partial charge >= 0.3 is 0 Å².